The van der Waals surface area contributed by atoms with Gasteiger partial charge in [0.2, 0.25) is 0 Å². The zero-order valence-corrected chi connectivity index (χ0v) is 15.0. The summed E-state index contributed by atoms with van der Waals surface area (Å²) in [5, 5.41) is 22.0. The standard InChI is InChI=1S/C17H18FN9O/c18-13-4-3-12(27-10-19-23-24-27)8-14(13)20-17(28)25-5-6-26-15(7-11-1-2-11)21-22-16(26)9-25/h3-4,8,10-11H,1-2,5-7,9H2,(H,20,28). The second-order valence-corrected chi connectivity index (χ2v) is 7.10. The number of benzene rings is 1. The van der Waals surface area contributed by atoms with Crippen molar-refractivity contribution in [3.8, 4) is 5.69 Å². The van der Waals surface area contributed by atoms with Crippen LogP contribution in [0.3, 0.4) is 0 Å². The number of rotatable bonds is 4. The van der Waals surface area contributed by atoms with Crippen LogP contribution in [0.1, 0.15) is 24.5 Å². The second kappa shape index (κ2) is 6.66. The fraction of sp³-hybridized carbons (Fsp3) is 0.412. The molecule has 1 N–H and O–H groups in total. The van der Waals surface area contributed by atoms with Gasteiger partial charge in [-0.1, -0.05) is 0 Å². The van der Waals surface area contributed by atoms with Gasteiger partial charge in [-0.15, -0.1) is 15.3 Å². The SMILES string of the molecule is O=C(Nc1cc(-n2cnnn2)ccc1F)N1CCn2c(CC3CC3)nnc2C1. The van der Waals surface area contributed by atoms with Gasteiger partial charge in [0, 0.05) is 19.5 Å². The summed E-state index contributed by atoms with van der Waals surface area (Å²) in [6.45, 7) is 1.51. The molecule has 0 spiro atoms. The Labute approximate surface area is 159 Å². The van der Waals surface area contributed by atoms with Gasteiger partial charge in [0.25, 0.3) is 0 Å². The lowest BCUT2D eigenvalue weighted by atomic mass is 10.2. The molecule has 1 saturated carbocycles. The molecule has 0 unspecified atom stereocenters. The van der Waals surface area contributed by atoms with Crippen LogP contribution in [0.25, 0.3) is 5.69 Å². The quantitative estimate of drug-likeness (QED) is 0.730. The molecule has 11 heteroatoms. The first-order chi connectivity index (χ1) is 13.7. The van der Waals surface area contributed by atoms with Gasteiger partial charge in [-0.05, 0) is 47.4 Å². The maximum atomic E-state index is 14.2. The Morgan fingerprint density at radius 1 is 1.25 bits per heavy atom. The largest absolute Gasteiger partial charge is 0.322 e. The monoisotopic (exact) mass is 383 g/mol. The van der Waals surface area contributed by atoms with Crippen LogP contribution in [-0.4, -0.2) is 52.4 Å². The fourth-order valence-corrected chi connectivity index (χ4v) is 3.35. The van der Waals surface area contributed by atoms with Crippen LogP contribution in [0, 0.1) is 11.7 Å². The third-order valence-corrected chi connectivity index (χ3v) is 5.09. The molecule has 0 radical (unpaired) electrons. The lowest BCUT2D eigenvalue weighted by molar-refractivity contribution is 0.195. The number of tetrazole rings is 1. The fourth-order valence-electron chi connectivity index (χ4n) is 3.35. The molecule has 28 heavy (non-hydrogen) atoms. The van der Waals surface area contributed by atoms with Gasteiger partial charge in [-0.3, -0.25) is 0 Å². The van der Waals surface area contributed by atoms with Gasteiger partial charge in [-0.2, -0.15) is 0 Å². The van der Waals surface area contributed by atoms with Crippen molar-refractivity contribution in [1.29, 1.82) is 0 Å². The summed E-state index contributed by atoms with van der Waals surface area (Å²) in [5.41, 5.74) is 0.615. The molecule has 3 heterocycles. The van der Waals surface area contributed by atoms with E-state index < -0.39 is 5.82 Å². The third-order valence-electron chi connectivity index (χ3n) is 5.09. The van der Waals surface area contributed by atoms with Crippen LogP contribution in [0.5, 0.6) is 0 Å². The van der Waals surface area contributed by atoms with E-state index in [0.29, 0.717) is 25.3 Å². The number of carbonyl (C=O) groups is 1. The lowest BCUT2D eigenvalue weighted by Crippen LogP contribution is -2.41. The summed E-state index contributed by atoms with van der Waals surface area (Å²) in [7, 11) is 0. The van der Waals surface area contributed by atoms with E-state index in [9.17, 15) is 9.18 Å². The van der Waals surface area contributed by atoms with Gasteiger partial charge < -0.3 is 14.8 Å². The number of aromatic nitrogens is 7. The van der Waals surface area contributed by atoms with Crippen LogP contribution >= 0.6 is 0 Å². The molecular formula is C17H18FN9O. The molecule has 1 aliphatic carbocycles. The van der Waals surface area contributed by atoms with Crippen molar-refractivity contribution in [2.45, 2.75) is 32.4 Å². The first kappa shape index (κ1) is 16.8. The number of carbonyl (C=O) groups excluding carboxylic acids is 1. The van der Waals surface area contributed by atoms with Crippen LogP contribution < -0.4 is 5.32 Å². The first-order valence-corrected chi connectivity index (χ1v) is 9.17. The number of halogens is 1. The predicted molar refractivity (Wildman–Crippen MR) is 95.0 cm³/mol. The number of anilines is 1. The molecule has 0 bridgehead atoms. The van der Waals surface area contributed by atoms with Crippen LogP contribution in [0.15, 0.2) is 24.5 Å². The Kier molecular flexibility index (Phi) is 3.99. The summed E-state index contributed by atoms with van der Waals surface area (Å²) in [4.78, 5) is 14.3. The van der Waals surface area contributed by atoms with Crippen molar-refractivity contribution in [2.24, 2.45) is 5.92 Å². The molecule has 5 rings (SSSR count). The normalized spacial score (nSPS) is 16.1. The number of amides is 2. The number of nitrogens with one attached hydrogen (secondary N) is 1. The Hall–Kier alpha value is -3.37. The highest BCUT2D eigenvalue weighted by Gasteiger charge is 2.28. The van der Waals surface area contributed by atoms with Crippen molar-refractivity contribution in [2.75, 3.05) is 11.9 Å². The number of hydrogen-bond acceptors (Lipinski definition) is 6. The van der Waals surface area contributed by atoms with Crippen LogP contribution in [0.2, 0.25) is 0 Å². The highest BCUT2D eigenvalue weighted by molar-refractivity contribution is 5.89. The van der Waals surface area contributed by atoms with E-state index in [-0.39, 0.29) is 11.7 Å². The van der Waals surface area contributed by atoms with E-state index in [1.54, 1.807) is 4.90 Å². The zero-order chi connectivity index (χ0) is 19.1. The summed E-state index contributed by atoms with van der Waals surface area (Å²) >= 11 is 0. The maximum absolute atomic E-state index is 14.2. The molecule has 0 atom stereocenters. The van der Waals surface area contributed by atoms with E-state index in [1.807, 2.05) is 0 Å². The number of fused-ring (bicyclic) bond motifs is 1. The van der Waals surface area contributed by atoms with Gasteiger partial charge in [0.15, 0.2) is 5.82 Å². The molecule has 2 aromatic heterocycles. The maximum Gasteiger partial charge on any atom is 0.322 e. The lowest BCUT2D eigenvalue weighted by Gasteiger charge is -2.28. The Morgan fingerprint density at radius 2 is 2.14 bits per heavy atom. The molecule has 3 aromatic rings. The summed E-state index contributed by atoms with van der Waals surface area (Å²) in [6, 6.07) is 3.91. The van der Waals surface area contributed by atoms with Crippen LogP contribution in [-0.2, 0) is 19.5 Å². The molecule has 1 fully saturated rings. The topological polar surface area (TPSA) is 107 Å². The van der Waals surface area contributed by atoms with Crippen molar-refractivity contribution in [1.82, 2.24) is 39.9 Å². The summed E-state index contributed by atoms with van der Waals surface area (Å²) < 4.78 is 17.7. The number of urea groups is 1. The van der Waals surface area contributed by atoms with Crippen molar-refractivity contribution in [3.05, 3.63) is 42.0 Å². The molecular weight excluding hydrogens is 365 g/mol. The molecule has 1 aromatic carbocycles. The predicted octanol–water partition coefficient (Wildman–Crippen LogP) is 1.39. The van der Waals surface area contributed by atoms with E-state index in [1.165, 1.54) is 42.0 Å². The highest BCUT2D eigenvalue weighted by atomic mass is 19.1. The molecule has 1 aliphatic heterocycles. The van der Waals surface area contributed by atoms with E-state index in [0.717, 1.165) is 24.0 Å². The second-order valence-electron chi connectivity index (χ2n) is 7.10. The Bertz CT molecular complexity index is 1010. The molecule has 2 amide bonds. The van der Waals surface area contributed by atoms with E-state index >= 15 is 0 Å². The minimum Gasteiger partial charge on any atom is -0.315 e. The van der Waals surface area contributed by atoms with Crippen molar-refractivity contribution >= 4 is 11.7 Å². The van der Waals surface area contributed by atoms with Gasteiger partial charge in [0.05, 0.1) is 17.9 Å². The molecule has 144 valence electrons. The molecule has 10 nitrogen and oxygen atoms in total. The van der Waals surface area contributed by atoms with E-state index in [2.05, 4.69) is 35.6 Å². The highest BCUT2D eigenvalue weighted by Crippen LogP contribution is 2.32. The average molecular weight is 383 g/mol. The Morgan fingerprint density at radius 3 is 2.93 bits per heavy atom. The Balaban J connectivity index is 1.30. The smallest absolute Gasteiger partial charge is 0.315 e. The third kappa shape index (κ3) is 3.19. The van der Waals surface area contributed by atoms with Gasteiger partial charge >= 0.3 is 6.03 Å². The first-order valence-electron chi connectivity index (χ1n) is 9.17. The number of nitrogens with zero attached hydrogens (tertiary/aromatic N) is 8. The molecule has 2 aliphatic rings. The minimum atomic E-state index is -0.530. The van der Waals surface area contributed by atoms with Gasteiger partial charge in [-0.25, -0.2) is 13.9 Å². The molecule has 0 saturated heterocycles. The van der Waals surface area contributed by atoms with Gasteiger partial charge in [0.1, 0.15) is 18.0 Å². The van der Waals surface area contributed by atoms with Crippen molar-refractivity contribution < 1.29 is 9.18 Å². The summed E-state index contributed by atoms with van der Waals surface area (Å²) in [5.74, 6) is 1.96. The van der Waals surface area contributed by atoms with E-state index in [4.69, 9.17) is 0 Å². The van der Waals surface area contributed by atoms with Crippen LogP contribution in [0.4, 0.5) is 14.9 Å². The van der Waals surface area contributed by atoms with Crippen molar-refractivity contribution in [3.63, 3.8) is 0 Å². The average Bonchev–Trinajstić information content (AvgIpc) is 3.18. The minimum absolute atomic E-state index is 0.0689. The zero-order valence-electron chi connectivity index (χ0n) is 15.0. The number of hydrogen-bond donors (Lipinski definition) is 1. The summed E-state index contributed by atoms with van der Waals surface area (Å²) in [6.07, 6.45) is 4.86.